The summed E-state index contributed by atoms with van der Waals surface area (Å²) in [6.45, 7) is 2.56. The third kappa shape index (κ3) is 4.36. The van der Waals surface area contributed by atoms with E-state index in [2.05, 4.69) is 5.32 Å². The number of rotatable bonds is 5. The van der Waals surface area contributed by atoms with Gasteiger partial charge in [-0.3, -0.25) is 19.3 Å². The second-order valence-electron chi connectivity index (χ2n) is 6.68. The van der Waals surface area contributed by atoms with Crippen LogP contribution in [-0.2, 0) is 14.3 Å². The average molecular weight is 504 g/mol. The number of nitrogens with one attached hydrogen (secondary N) is 1. The fraction of sp³-hybridized carbons (Fsp3) is 0.200. The van der Waals surface area contributed by atoms with Crippen molar-refractivity contribution < 1.29 is 23.9 Å². The second-order valence-corrected chi connectivity index (χ2v) is 8.20. The van der Waals surface area contributed by atoms with Gasteiger partial charge in [-0.2, -0.15) is 0 Å². The van der Waals surface area contributed by atoms with Crippen LogP contribution in [0.25, 0.3) is 0 Å². The quantitative estimate of drug-likeness (QED) is 0.274. The number of nitrogens with zero attached hydrogens (tertiary/aromatic N) is 1. The maximum Gasteiger partial charge on any atom is 0.329 e. The minimum Gasteiger partial charge on any atom is -0.454 e. The van der Waals surface area contributed by atoms with Crippen LogP contribution in [0.15, 0.2) is 24.3 Å². The highest BCUT2D eigenvalue weighted by Gasteiger charge is 2.45. The molecule has 2 aromatic rings. The number of imide groups is 1. The van der Waals surface area contributed by atoms with Gasteiger partial charge in [-0.05, 0) is 26.0 Å². The molecule has 1 aliphatic heterocycles. The van der Waals surface area contributed by atoms with Crippen molar-refractivity contribution in [2.75, 3.05) is 11.9 Å². The Labute approximate surface area is 197 Å². The molecule has 0 aliphatic carbocycles. The highest BCUT2D eigenvalue weighted by molar-refractivity contribution is 6.55. The second kappa shape index (κ2) is 9.04. The Bertz CT molecular complexity index is 1070. The molecular weight excluding hydrogens is 490 g/mol. The number of halogens is 4. The van der Waals surface area contributed by atoms with E-state index in [0.717, 1.165) is 5.56 Å². The zero-order chi connectivity index (χ0) is 23.0. The first-order valence-corrected chi connectivity index (χ1v) is 10.3. The van der Waals surface area contributed by atoms with Crippen molar-refractivity contribution in [1.82, 2.24) is 4.90 Å². The van der Waals surface area contributed by atoms with Crippen molar-refractivity contribution in [3.8, 4) is 0 Å². The molecule has 0 radical (unpaired) electrons. The molecular formula is C20H14Cl4N2O5. The van der Waals surface area contributed by atoms with Gasteiger partial charge >= 0.3 is 5.97 Å². The normalized spacial score (nSPS) is 13.8. The number of anilines is 1. The minimum atomic E-state index is -1.36. The first kappa shape index (κ1) is 23.3. The summed E-state index contributed by atoms with van der Waals surface area (Å²) in [5.74, 6) is -3.31. The summed E-state index contributed by atoms with van der Waals surface area (Å²) in [7, 11) is 0. The Morgan fingerprint density at radius 2 is 1.42 bits per heavy atom. The van der Waals surface area contributed by atoms with Gasteiger partial charge in [0.2, 0.25) is 0 Å². The lowest BCUT2D eigenvalue weighted by Gasteiger charge is -2.20. The molecule has 11 heteroatoms. The minimum absolute atomic E-state index is 0.182. The largest absolute Gasteiger partial charge is 0.454 e. The number of carbonyl (C=O) groups excluding carboxylic acids is 4. The van der Waals surface area contributed by atoms with Crippen LogP contribution in [0.3, 0.4) is 0 Å². The Morgan fingerprint density at radius 3 is 1.90 bits per heavy atom. The molecule has 7 nitrogen and oxygen atoms in total. The number of hydrogen-bond acceptors (Lipinski definition) is 5. The molecule has 1 atom stereocenters. The molecule has 31 heavy (non-hydrogen) atoms. The number of aryl methyl sites for hydroxylation is 1. The van der Waals surface area contributed by atoms with Crippen molar-refractivity contribution in [3.05, 3.63) is 61.0 Å². The molecule has 0 spiro atoms. The van der Waals surface area contributed by atoms with Crippen molar-refractivity contribution in [2.24, 2.45) is 0 Å². The van der Waals surface area contributed by atoms with E-state index < -0.39 is 36.3 Å². The third-order valence-electron chi connectivity index (χ3n) is 4.54. The summed E-state index contributed by atoms with van der Waals surface area (Å²) in [5, 5.41) is 1.71. The monoisotopic (exact) mass is 502 g/mol. The molecule has 162 valence electrons. The molecule has 0 saturated carbocycles. The van der Waals surface area contributed by atoms with E-state index in [1.54, 1.807) is 24.3 Å². The van der Waals surface area contributed by atoms with E-state index >= 15 is 0 Å². The number of amides is 3. The predicted octanol–water partition coefficient (Wildman–Crippen LogP) is 4.78. The van der Waals surface area contributed by atoms with Crippen LogP contribution in [-0.4, -0.2) is 41.2 Å². The molecule has 1 aliphatic rings. The molecule has 1 heterocycles. The van der Waals surface area contributed by atoms with Gasteiger partial charge in [0.15, 0.2) is 6.61 Å². The van der Waals surface area contributed by atoms with Crippen LogP contribution in [0.4, 0.5) is 5.69 Å². The molecule has 1 N–H and O–H groups in total. The molecule has 0 fully saturated rings. The highest BCUT2D eigenvalue weighted by atomic mass is 35.5. The smallest absolute Gasteiger partial charge is 0.329 e. The molecule has 2 aromatic carbocycles. The zero-order valence-electron chi connectivity index (χ0n) is 16.1. The Morgan fingerprint density at radius 1 is 0.935 bits per heavy atom. The summed E-state index contributed by atoms with van der Waals surface area (Å²) >= 11 is 24.1. The highest BCUT2D eigenvalue weighted by Crippen LogP contribution is 2.45. The van der Waals surface area contributed by atoms with Gasteiger partial charge in [0, 0.05) is 5.69 Å². The number of hydrogen-bond donors (Lipinski definition) is 1. The summed E-state index contributed by atoms with van der Waals surface area (Å²) in [6, 6.07) is 5.64. The summed E-state index contributed by atoms with van der Waals surface area (Å²) in [5.41, 5.74) is 1.05. The Balaban J connectivity index is 1.71. The lowest BCUT2D eigenvalue weighted by atomic mass is 10.1. The maximum atomic E-state index is 12.8. The van der Waals surface area contributed by atoms with Crippen molar-refractivity contribution in [1.29, 1.82) is 0 Å². The number of benzene rings is 2. The Hall–Kier alpha value is -2.32. The van der Waals surface area contributed by atoms with Gasteiger partial charge in [-0.1, -0.05) is 64.1 Å². The zero-order valence-corrected chi connectivity index (χ0v) is 19.1. The van der Waals surface area contributed by atoms with Gasteiger partial charge in [0.05, 0.1) is 31.2 Å². The number of esters is 1. The molecule has 0 saturated heterocycles. The lowest BCUT2D eigenvalue weighted by molar-refractivity contribution is -0.150. The van der Waals surface area contributed by atoms with Crippen LogP contribution < -0.4 is 5.32 Å². The number of fused-ring (bicyclic) bond motifs is 1. The summed E-state index contributed by atoms with van der Waals surface area (Å²) in [4.78, 5) is 50.6. The predicted molar refractivity (Wildman–Crippen MR) is 117 cm³/mol. The van der Waals surface area contributed by atoms with Crippen LogP contribution in [0, 0.1) is 6.92 Å². The summed E-state index contributed by atoms with van der Waals surface area (Å²) in [6.07, 6.45) is 0. The van der Waals surface area contributed by atoms with E-state index in [1.165, 1.54) is 6.92 Å². The van der Waals surface area contributed by atoms with Crippen molar-refractivity contribution in [2.45, 2.75) is 19.9 Å². The van der Waals surface area contributed by atoms with E-state index in [4.69, 9.17) is 51.1 Å². The van der Waals surface area contributed by atoms with E-state index in [9.17, 15) is 19.2 Å². The van der Waals surface area contributed by atoms with E-state index in [1.807, 2.05) is 6.92 Å². The number of carbonyl (C=O) groups is 4. The average Bonchev–Trinajstić information content (AvgIpc) is 3.00. The molecule has 0 bridgehead atoms. The van der Waals surface area contributed by atoms with E-state index in [0.29, 0.717) is 10.6 Å². The lowest BCUT2D eigenvalue weighted by Crippen LogP contribution is -2.44. The fourth-order valence-electron chi connectivity index (χ4n) is 2.91. The van der Waals surface area contributed by atoms with Crippen LogP contribution in [0.1, 0.15) is 33.2 Å². The first-order valence-electron chi connectivity index (χ1n) is 8.81. The fourth-order valence-corrected chi connectivity index (χ4v) is 3.93. The standard InChI is InChI=1S/C20H14Cl4N2O5/c1-8-3-5-10(6-4-8)25-11(27)7-31-20(30)9(2)26-18(28)12-13(19(26)29)15(22)17(24)16(23)14(12)21/h3-6,9H,7H2,1-2H3,(H,25,27)/t9-/m1/s1. The van der Waals surface area contributed by atoms with Gasteiger partial charge in [-0.25, -0.2) is 4.79 Å². The molecule has 0 aromatic heterocycles. The first-order chi connectivity index (χ1) is 14.5. The van der Waals surface area contributed by atoms with Crippen LogP contribution >= 0.6 is 46.4 Å². The van der Waals surface area contributed by atoms with Gasteiger partial charge in [-0.15, -0.1) is 0 Å². The topological polar surface area (TPSA) is 92.8 Å². The van der Waals surface area contributed by atoms with Gasteiger partial charge in [0.25, 0.3) is 17.7 Å². The van der Waals surface area contributed by atoms with Gasteiger partial charge in [0.1, 0.15) is 6.04 Å². The molecule has 0 unspecified atom stereocenters. The molecule has 3 amide bonds. The third-order valence-corrected chi connectivity index (χ3v) is 6.34. The molecule has 3 rings (SSSR count). The SMILES string of the molecule is Cc1ccc(NC(=O)COC(=O)[C@@H](C)N2C(=O)c3c(Cl)c(Cl)c(Cl)c(Cl)c3C2=O)cc1. The maximum absolute atomic E-state index is 12.8. The van der Waals surface area contributed by atoms with Crippen LogP contribution in [0.5, 0.6) is 0 Å². The van der Waals surface area contributed by atoms with Gasteiger partial charge < -0.3 is 10.1 Å². The summed E-state index contributed by atoms with van der Waals surface area (Å²) < 4.78 is 4.96. The Kier molecular flexibility index (Phi) is 6.81. The van der Waals surface area contributed by atoms with Crippen molar-refractivity contribution >= 4 is 75.8 Å². The van der Waals surface area contributed by atoms with Crippen molar-refractivity contribution in [3.63, 3.8) is 0 Å². The van der Waals surface area contributed by atoms with E-state index in [-0.39, 0.29) is 31.2 Å². The number of ether oxygens (including phenoxy) is 1. The van der Waals surface area contributed by atoms with Crippen LogP contribution in [0.2, 0.25) is 20.1 Å².